The number of carbonyl (C=O) groups excluding carboxylic acids is 1. The molecular weight excluding hydrogens is 561 g/mol. The van der Waals surface area contributed by atoms with Gasteiger partial charge in [-0.05, 0) is 61.3 Å². The molecule has 0 aromatic carbocycles. The van der Waals surface area contributed by atoms with Gasteiger partial charge in [0, 0.05) is 0 Å². The number of ether oxygens (including phenoxy) is 3. The third kappa shape index (κ3) is 9.70. The van der Waals surface area contributed by atoms with Crippen molar-refractivity contribution >= 4 is 30.9 Å². The van der Waals surface area contributed by atoms with E-state index in [1.54, 1.807) is 0 Å². The largest absolute Gasteiger partial charge is 0.466 e. The zero-order valence-electron chi connectivity index (χ0n) is 28.3. The monoisotopic (exact) mass is 624 g/mol. The fourth-order valence-electron chi connectivity index (χ4n) is 6.12. The zero-order chi connectivity index (χ0) is 31.1. The van der Waals surface area contributed by atoms with Crippen molar-refractivity contribution < 1.29 is 37.4 Å². The Morgan fingerprint density at radius 3 is 1.45 bits per heavy atom. The van der Waals surface area contributed by atoms with Crippen molar-refractivity contribution in [1.29, 1.82) is 1.43 Å². The number of aliphatic hydroxyl groups excluding tert-OH is 1. The van der Waals surface area contributed by atoms with Crippen molar-refractivity contribution in [1.82, 2.24) is 0 Å². The highest BCUT2D eigenvalue weighted by Crippen LogP contribution is 2.40. The van der Waals surface area contributed by atoms with Gasteiger partial charge in [-0.2, -0.15) is 0 Å². The highest BCUT2D eigenvalue weighted by Gasteiger charge is 2.54. The number of aliphatic hydroxyl groups is 1. The van der Waals surface area contributed by atoms with Gasteiger partial charge in [0.15, 0.2) is 25.0 Å². The molecule has 238 valence electrons. The normalized spacial score (nSPS) is 24.6. The first-order valence-corrected chi connectivity index (χ1v) is 23.7. The Labute approximate surface area is 250 Å². The lowest BCUT2D eigenvalue weighted by atomic mass is 9.93. The van der Waals surface area contributed by atoms with Gasteiger partial charge in [0.25, 0.3) is 0 Å². The molecule has 0 unspecified atom stereocenters. The molecule has 0 radical (unpaired) electrons. The van der Waals surface area contributed by atoms with Crippen molar-refractivity contribution in [2.45, 2.75) is 161 Å². The topological polar surface area (TPSA) is 92.7 Å². The van der Waals surface area contributed by atoms with E-state index in [-0.39, 0.29) is 25.8 Å². The summed E-state index contributed by atoms with van der Waals surface area (Å²) in [7, 11) is -6.42. The first-order chi connectivity index (χ1) is 19.6. The van der Waals surface area contributed by atoms with Crippen molar-refractivity contribution in [2.24, 2.45) is 0 Å². The van der Waals surface area contributed by atoms with Crippen LogP contribution < -0.4 is 0 Å². The maximum atomic E-state index is 12.9. The van der Waals surface area contributed by atoms with Crippen LogP contribution in [0.5, 0.6) is 0 Å². The molecule has 5 atom stereocenters. The second-order valence-electron chi connectivity index (χ2n) is 11.2. The lowest BCUT2D eigenvalue weighted by molar-refractivity contribution is -0.227. The Bertz CT molecular complexity index is 697. The smallest absolute Gasteiger partial charge is 0.308 e. The van der Waals surface area contributed by atoms with E-state index in [4.69, 9.17) is 28.9 Å². The SMILES string of the molecule is [3H]OCOC[C@H]1O[C@@H](CC(=O)OCC)[C@H](O[Si](CC)(CC)CC)[C@@H](O[Si](CC)(CC)CC)[C@@H]1O[Si](CC)(CC)CC. The summed E-state index contributed by atoms with van der Waals surface area (Å²) in [6.07, 6.45) is -2.23. The molecule has 0 saturated carbocycles. The van der Waals surface area contributed by atoms with Crippen LogP contribution in [0.25, 0.3) is 0 Å². The molecule has 1 aliphatic heterocycles. The van der Waals surface area contributed by atoms with E-state index in [9.17, 15) is 4.79 Å². The molecular formula is C29H62O8Si3. The van der Waals surface area contributed by atoms with Crippen LogP contribution in [0.2, 0.25) is 54.4 Å². The van der Waals surface area contributed by atoms with E-state index in [1.807, 2.05) is 6.92 Å². The first-order valence-electron chi connectivity index (χ1n) is 16.5. The summed E-state index contributed by atoms with van der Waals surface area (Å²) >= 11 is 0. The van der Waals surface area contributed by atoms with Crippen LogP contribution in [0.4, 0.5) is 0 Å². The second kappa shape index (κ2) is 18.5. The molecule has 11 heteroatoms. The minimum Gasteiger partial charge on any atom is -0.466 e. The Hall–Kier alpha value is -0.119. The van der Waals surface area contributed by atoms with Crippen molar-refractivity contribution in [3.05, 3.63) is 0 Å². The van der Waals surface area contributed by atoms with E-state index in [1.165, 1.54) is 0 Å². The van der Waals surface area contributed by atoms with Crippen LogP contribution in [-0.2, 0) is 32.3 Å². The van der Waals surface area contributed by atoms with Gasteiger partial charge >= 0.3 is 5.97 Å². The van der Waals surface area contributed by atoms with Gasteiger partial charge in [0.2, 0.25) is 1.43 Å². The maximum Gasteiger partial charge on any atom is 0.308 e. The summed E-state index contributed by atoms with van der Waals surface area (Å²) in [6.45, 7) is 22.2. The predicted molar refractivity (Wildman–Crippen MR) is 169 cm³/mol. The molecule has 1 rings (SSSR count). The van der Waals surface area contributed by atoms with Crippen LogP contribution >= 0.6 is 0 Å². The number of hydrogen-bond donors (Lipinski definition) is 1. The zero-order valence-corrected chi connectivity index (χ0v) is 30.3. The summed E-state index contributed by atoms with van der Waals surface area (Å²) in [5.41, 5.74) is 0. The Kier molecular flexibility index (Phi) is 16.7. The Balaban J connectivity index is 3.86. The minimum absolute atomic E-state index is 0.0784. The summed E-state index contributed by atoms with van der Waals surface area (Å²) in [6, 6.07) is 8.85. The highest BCUT2D eigenvalue weighted by molar-refractivity contribution is 6.74. The number of rotatable bonds is 22. The van der Waals surface area contributed by atoms with Gasteiger partial charge in [-0.1, -0.05) is 62.3 Å². The van der Waals surface area contributed by atoms with Gasteiger partial charge in [-0.15, -0.1) is 0 Å². The molecule has 0 bridgehead atoms. The minimum atomic E-state index is -2.15. The summed E-state index contributed by atoms with van der Waals surface area (Å²) in [4.78, 5) is 12.9. The number of esters is 1. The molecule has 1 N–H and O–H groups in total. The molecule has 1 saturated heterocycles. The molecule has 1 fully saturated rings. The highest BCUT2D eigenvalue weighted by atomic mass is 28.4. The molecule has 0 aliphatic carbocycles. The van der Waals surface area contributed by atoms with Gasteiger partial charge in [0.1, 0.15) is 25.1 Å². The van der Waals surface area contributed by atoms with E-state index in [2.05, 4.69) is 67.4 Å². The maximum absolute atomic E-state index is 12.9. The van der Waals surface area contributed by atoms with E-state index < -0.39 is 55.5 Å². The van der Waals surface area contributed by atoms with Crippen molar-refractivity contribution in [3.63, 3.8) is 0 Å². The van der Waals surface area contributed by atoms with Gasteiger partial charge in [-0.25, -0.2) is 0 Å². The fourth-order valence-corrected chi connectivity index (χ4v) is 14.7. The summed E-state index contributed by atoms with van der Waals surface area (Å²) in [5, 5.41) is 4.47. The number of carbonyl (C=O) groups is 1. The molecule has 0 aromatic rings. The van der Waals surface area contributed by atoms with E-state index in [0.717, 1.165) is 54.4 Å². The lowest BCUT2D eigenvalue weighted by Crippen LogP contribution is -2.67. The van der Waals surface area contributed by atoms with E-state index >= 15 is 0 Å². The third-order valence-electron chi connectivity index (χ3n) is 9.73. The van der Waals surface area contributed by atoms with Crippen LogP contribution in [0.3, 0.4) is 0 Å². The fraction of sp³-hybridized carbons (Fsp3) is 0.966. The molecule has 0 aromatic heterocycles. The van der Waals surface area contributed by atoms with Crippen LogP contribution in [-0.4, -0.2) is 88.0 Å². The van der Waals surface area contributed by atoms with Gasteiger partial charge < -0.3 is 32.6 Å². The molecule has 0 spiro atoms. The standard InChI is InChI=1S/C29H62O8Si3/c1-11-33-26(31)21-24-27(35-38(12-2,13-3)14-4)29(37-40(18-8,19-9)20-10)28(25(34-24)22-32-23-30)36-39(15-5,16-6)17-7/h24-25,27-30H,11-23H2,1-10H3/t24-,25+,27-,28+,29+/m0/s1/i30T. The van der Waals surface area contributed by atoms with Crippen molar-refractivity contribution in [3.8, 4) is 0 Å². The molecule has 40 heavy (non-hydrogen) atoms. The summed E-state index contributed by atoms with van der Waals surface area (Å²) < 4.78 is 47.0. The van der Waals surface area contributed by atoms with Crippen LogP contribution in [0.15, 0.2) is 0 Å². The third-order valence-corrected chi connectivity index (χ3v) is 23.6. The van der Waals surface area contributed by atoms with Gasteiger partial charge in [-0.3, -0.25) is 4.79 Å². The molecule has 1 heterocycles. The number of hydrogen-bond acceptors (Lipinski definition) is 8. The average Bonchev–Trinajstić information content (AvgIpc) is 3.00. The second-order valence-corrected chi connectivity index (χ2v) is 25.4. The molecule has 0 amide bonds. The molecule has 8 nitrogen and oxygen atoms in total. The predicted octanol–water partition coefficient (Wildman–Crippen LogP) is 6.84. The van der Waals surface area contributed by atoms with E-state index in [0.29, 0.717) is 6.61 Å². The van der Waals surface area contributed by atoms with Crippen LogP contribution in [0, 0.1) is 0 Å². The Morgan fingerprint density at radius 1 is 0.675 bits per heavy atom. The Morgan fingerprint density at radius 2 is 1.07 bits per heavy atom. The first kappa shape index (κ1) is 36.1. The van der Waals surface area contributed by atoms with Gasteiger partial charge in [0.05, 0.1) is 31.8 Å². The van der Waals surface area contributed by atoms with Crippen molar-refractivity contribution in [2.75, 3.05) is 20.0 Å². The summed E-state index contributed by atoms with van der Waals surface area (Å²) in [5.74, 6) is -0.306. The average molecular weight is 625 g/mol. The molecule has 1 aliphatic rings. The van der Waals surface area contributed by atoms with Crippen LogP contribution in [0.1, 0.15) is 75.7 Å². The lowest BCUT2D eigenvalue weighted by Gasteiger charge is -2.53. The quantitative estimate of drug-likeness (QED) is 0.0606.